The van der Waals surface area contributed by atoms with Crippen LogP contribution in [0.4, 0.5) is 14.6 Å². The van der Waals surface area contributed by atoms with Gasteiger partial charge < -0.3 is 19.4 Å². The van der Waals surface area contributed by atoms with Crippen molar-refractivity contribution in [3.05, 3.63) is 65.2 Å². The van der Waals surface area contributed by atoms with Crippen molar-refractivity contribution in [3.8, 4) is 17.0 Å². The first-order chi connectivity index (χ1) is 18.7. The number of amides is 2. The molecule has 0 radical (unpaired) electrons. The van der Waals surface area contributed by atoms with Crippen LogP contribution in [0.5, 0.6) is 5.75 Å². The van der Waals surface area contributed by atoms with Gasteiger partial charge in [-0.05, 0) is 24.3 Å². The van der Waals surface area contributed by atoms with Gasteiger partial charge in [-0.25, -0.2) is 18.7 Å². The highest BCUT2D eigenvalue weighted by atomic mass is 19.1. The molecule has 0 N–H and O–H groups in total. The van der Waals surface area contributed by atoms with Gasteiger partial charge in [0.15, 0.2) is 17.4 Å². The second-order valence-corrected chi connectivity index (χ2v) is 9.96. The first kappa shape index (κ1) is 26.5. The lowest BCUT2D eigenvalue weighted by atomic mass is 10.0. The lowest BCUT2D eigenvalue weighted by Gasteiger charge is -2.35. The van der Waals surface area contributed by atoms with Crippen molar-refractivity contribution in [1.29, 1.82) is 0 Å². The molecule has 5 rings (SSSR count). The van der Waals surface area contributed by atoms with Crippen LogP contribution in [0.3, 0.4) is 0 Å². The van der Waals surface area contributed by atoms with Gasteiger partial charge in [-0.15, -0.1) is 0 Å². The molecule has 0 aliphatic carbocycles. The van der Waals surface area contributed by atoms with Gasteiger partial charge in [0, 0.05) is 77.7 Å². The Bertz CT molecular complexity index is 1410. The molecule has 11 heteroatoms. The molecule has 0 saturated carbocycles. The quantitative estimate of drug-likeness (QED) is 0.493. The minimum atomic E-state index is -0.727. The third kappa shape index (κ3) is 5.52. The van der Waals surface area contributed by atoms with E-state index in [0.717, 1.165) is 11.8 Å². The number of fused-ring (bicyclic) bond motifs is 1. The molecular weight excluding hydrogens is 506 g/mol. The van der Waals surface area contributed by atoms with Crippen LogP contribution in [0.15, 0.2) is 36.5 Å². The number of aromatic nitrogens is 3. The van der Waals surface area contributed by atoms with E-state index in [9.17, 15) is 18.4 Å². The largest absolute Gasteiger partial charge is 0.487 e. The maximum atomic E-state index is 14.1. The third-order valence-electron chi connectivity index (χ3n) is 7.04. The summed E-state index contributed by atoms with van der Waals surface area (Å²) in [6.45, 7) is 3.57. The van der Waals surface area contributed by atoms with Crippen molar-refractivity contribution in [2.45, 2.75) is 38.8 Å². The minimum Gasteiger partial charge on any atom is -0.487 e. The number of hydrogen-bond donors (Lipinski definition) is 0. The van der Waals surface area contributed by atoms with E-state index >= 15 is 0 Å². The summed E-state index contributed by atoms with van der Waals surface area (Å²) in [7, 11) is 3.33. The fourth-order valence-electron chi connectivity index (χ4n) is 4.91. The van der Waals surface area contributed by atoms with Crippen LogP contribution in [0.1, 0.15) is 41.6 Å². The minimum absolute atomic E-state index is 0.0290. The zero-order chi connectivity index (χ0) is 27.7. The van der Waals surface area contributed by atoms with Crippen molar-refractivity contribution in [2.24, 2.45) is 0 Å². The molecule has 0 atom stereocenters. The summed E-state index contributed by atoms with van der Waals surface area (Å²) in [5, 5.41) is 0. The molecule has 2 aliphatic rings. The lowest BCUT2D eigenvalue weighted by Crippen LogP contribution is -2.40. The lowest BCUT2D eigenvalue weighted by molar-refractivity contribution is -0.129. The molecule has 1 fully saturated rings. The highest BCUT2D eigenvalue weighted by molar-refractivity contribution is 5.99. The smallest absolute Gasteiger partial charge is 0.272 e. The number of pyridine rings is 1. The number of piperidine rings is 1. The van der Waals surface area contributed by atoms with Crippen LogP contribution in [-0.4, -0.2) is 76.4 Å². The molecular formula is C28H30F2N6O3. The second-order valence-electron chi connectivity index (χ2n) is 9.96. The van der Waals surface area contributed by atoms with Crippen LogP contribution < -0.4 is 9.64 Å². The predicted octanol–water partition coefficient (Wildman–Crippen LogP) is 3.47. The van der Waals surface area contributed by atoms with Gasteiger partial charge in [0.1, 0.15) is 23.3 Å². The van der Waals surface area contributed by atoms with Crippen molar-refractivity contribution in [1.82, 2.24) is 24.8 Å². The maximum absolute atomic E-state index is 14.1. The molecule has 3 aromatic rings. The number of rotatable bonds is 5. The Morgan fingerprint density at radius 2 is 1.82 bits per heavy atom. The molecule has 9 nitrogen and oxygen atoms in total. The van der Waals surface area contributed by atoms with Crippen molar-refractivity contribution in [2.75, 3.05) is 38.6 Å². The molecule has 0 spiro atoms. The van der Waals surface area contributed by atoms with Gasteiger partial charge in [-0.1, -0.05) is 0 Å². The molecule has 2 aromatic heterocycles. The van der Waals surface area contributed by atoms with Crippen LogP contribution >= 0.6 is 0 Å². The standard InChI is InChI=1S/C28H30F2N6O3/c1-17(37)36-14-10-22-23(16-36)32-25(20-5-4-11-31-26(20)28(38)34(2)3)27(33-22)35-12-8-19(9-13-35)39-24-7-6-18(29)15-21(24)30/h4-7,11,15,19H,8-10,12-14,16H2,1-3H3. The van der Waals surface area contributed by atoms with Gasteiger partial charge in [-0.3, -0.25) is 14.6 Å². The monoisotopic (exact) mass is 536 g/mol. The fraction of sp³-hybridized carbons (Fsp3) is 0.393. The average Bonchev–Trinajstić information content (AvgIpc) is 2.93. The van der Waals surface area contributed by atoms with Gasteiger partial charge in [0.2, 0.25) is 5.91 Å². The highest BCUT2D eigenvalue weighted by Gasteiger charge is 2.30. The predicted molar refractivity (Wildman–Crippen MR) is 140 cm³/mol. The zero-order valence-electron chi connectivity index (χ0n) is 22.2. The van der Waals surface area contributed by atoms with Crippen molar-refractivity contribution < 1.29 is 23.1 Å². The second kappa shape index (κ2) is 10.9. The van der Waals surface area contributed by atoms with E-state index in [4.69, 9.17) is 14.7 Å². The van der Waals surface area contributed by atoms with Gasteiger partial charge >= 0.3 is 0 Å². The number of carbonyl (C=O) groups excluding carboxylic acids is 2. The number of ether oxygens (including phenoxy) is 1. The normalized spacial score (nSPS) is 15.6. The molecule has 2 aliphatic heterocycles. The number of benzene rings is 1. The summed E-state index contributed by atoms with van der Waals surface area (Å²) in [5.41, 5.74) is 2.88. The molecule has 1 saturated heterocycles. The Balaban J connectivity index is 1.47. The molecule has 204 valence electrons. The van der Waals surface area contributed by atoms with E-state index in [2.05, 4.69) is 9.88 Å². The van der Waals surface area contributed by atoms with Crippen molar-refractivity contribution >= 4 is 17.6 Å². The van der Waals surface area contributed by atoms with E-state index in [-0.39, 0.29) is 29.4 Å². The van der Waals surface area contributed by atoms with Crippen LogP contribution in [0.25, 0.3) is 11.3 Å². The Hall–Kier alpha value is -4.15. The summed E-state index contributed by atoms with van der Waals surface area (Å²) < 4.78 is 33.3. The Labute approximate surface area is 225 Å². The molecule has 39 heavy (non-hydrogen) atoms. The summed E-state index contributed by atoms with van der Waals surface area (Å²) >= 11 is 0. The van der Waals surface area contributed by atoms with Crippen molar-refractivity contribution in [3.63, 3.8) is 0 Å². The Kier molecular flexibility index (Phi) is 7.40. The van der Waals surface area contributed by atoms with E-state index in [1.165, 1.54) is 24.0 Å². The van der Waals surface area contributed by atoms with Gasteiger partial charge in [-0.2, -0.15) is 0 Å². The molecule has 4 heterocycles. The van der Waals surface area contributed by atoms with Crippen LogP contribution in [0, 0.1) is 11.6 Å². The zero-order valence-corrected chi connectivity index (χ0v) is 22.2. The van der Waals surface area contributed by atoms with Gasteiger partial charge in [0.25, 0.3) is 5.91 Å². The average molecular weight is 537 g/mol. The summed E-state index contributed by atoms with van der Waals surface area (Å²) in [6.07, 6.45) is 3.08. The summed E-state index contributed by atoms with van der Waals surface area (Å²) in [4.78, 5) is 44.7. The van der Waals surface area contributed by atoms with Crippen LogP contribution in [-0.2, 0) is 17.8 Å². The number of carbonyl (C=O) groups is 2. The number of nitrogens with zero attached hydrogens (tertiary/aromatic N) is 6. The fourth-order valence-corrected chi connectivity index (χ4v) is 4.91. The third-order valence-corrected chi connectivity index (χ3v) is 7.04. The van der Waals surface area contributed by atoms with E-state index in [1.807, 2.05) is 6.07 Å². The number of hydrogen-bond acceptors (Lipinski definition) is 7. The maximum Gasteiger partial charge on any atom is 0.272 e. The number of anilines is 1. The van der Waals surface area contributed by atoms with E-state index in [0.29, 0.717) is 68.2 Å². The molecule has 0 unspecified atom stereocenters. The van der Waals surface area contributed by atoms with Gasteiger partial charge in [0.05, 0.1) is 17.9 Å². The Morgan fingerprint density at radius 3 is 2.51 bits per heavy atom. The van der Waals surface area contributed by atoms with Crippen LogP contribution in [0.2, 0.25) is 0 Å². The topological polar surface area (TPSA) is 91.8 Å². The first-order valence-electron chi connectivity index (χ1n) is 12.9. The van der Waals surface area contributed by atoms with E-state index in [1.54, 1.807) is 31.3 Å². The molecule has 0 bridgehead atoms. The first-order valence-corrected chi connectivity index (χ1v) is 12.9. The summed E-state index contributed by atoms with van der Waals surface area (Å²) in [6, 6.07) is 6.86. The molecule has 2 amide bonds. The highest BCUT2D eigenvalue weighted by Crippen LogP contribution is 2.34. The number of halogens is 2. The molecule has 1 aromatic carbocycles. The van der Waals surface area contributed by atoms with E-state index < -0.39 is 11.6 Å². The SMILES string of the molecule is CC(=O)N1CCc2nc(N3CCC(Oc4ccc(F)cc4F)CC3)c(-c3cccnc3C(=O)N(C)C)nc2C1. The Morgan fingerprint density at radius 1 is 1.05 bits per heavy atom. The summed E-state index contributed by atoms with van der Waals surface area (Å²) in [5.74, 6) is -0.997.